The Morgan fingerprint density at radius 3 is 2.28 bits per heavy atom. The molecule has 1 aliphatic heterocycles. The van der Waals surface area contributed by atoms with Crippen LogP contribution >= 0.6 is 11.8 Å². The van der Waals surface area contributed by atoms with E-state index in [-0.39, 0.29) is 17.3 Å². The molecule has 0 aliphatic carbocycles. The number of carbonyl (C=O) groups excluding carboxylic acids is 3. The Bertz CT molecular complexity index is 1330. The van der Waals surface area contributed by atoms with Gasteiger partial charge in [0.05, 0.1) is 4.91 Å². The van der Waals surface area contributed by atoms with Crippen LogP contribution in [0, 0.1) is 26.6 Å². The molecule has 1 fully saturated rings. The molecule has 8 heteroatoms. The van der Waals surface area contributed by atoms with E-state index in [0.717, 1.165) is 38.9 Å². The van der Waals surface area contributed by atoms with E-state index in [9.17, 15) is 18.8 Å². The summed E-state index contributed by atoms with van der Waals surface area (Å²) in [5.74, 6) is -0.627. The zero-order valence-electron chi connectivity index (χ0n) is 20.1. The second-order valence-electron chi connectivity index (χ2n) is 8.57. The van der Waals surface area contributed by atoms with Crippen molar-refractivity contribution >= 4 is 40.6 Å². The number of aryl methyl sites for hydroxylation is 3. The molecular formula is C28H25FN2O4S. The van der Waals surface area contributed by atoms with Crippen LogP contribution < -0.4 is 10.1 Å². The van der Waals surface area contributed by atoms with Crippen LogP contribution in [0.15, 0.2) is 65.6 Å². The molecule has 36 heavy (non-hydrogen) atoms. The molecule has 6 nitrogen and oxygen atoms in total. The van der Waals surface area contributed by atoms with Gasteiger partial charge in [0.1, 0.15) is 24.7 Å². The fraction of sp³-hybridized carbons (Fsp3) is 0.179. The molecule has 1 N–H and O–H groups in total. The van der Waals surface area contributed by atoms with E-state index in [0.29, 0.717) is 23.6 Å². The van der Waals surface area contributed by atoms with Crippen molar-refractivity contribution in [1.82, 2.24) is 4.90 Å². The standard InChI is InChI=1S/C28H25FN2O4S/c1-17-12-18(2)26(19(3)13-17)30-25(32)15-31-27(33)24(36-28(31)34)14-20-6-10-23(11-7-20)35-16-21-4-8-22(29)9-5-21/h4-14H,15-16H2,1-3H3,(H,30,32)/b24-14-. The summed E-state index contributed by atoms with van der Waals surface area (Å²) in [7, 11) is 0. The Morgan fingerprint density at radius 2 is 1.64 bits per heavy atom. The van der Waals surface area contributed by atoms with Gasteiger partial charge in [-0.25, -0.2) is 4.39 Å². The van der Waals surface area contributed by atoms with E-state index >= 15 is 0 Å². The van der Waals surface area contributed by atoms with Gasteiger partial charge in [-0.2, -0.15) is 0 Å². The van der Waals surface area contributed by atoms with E-state index in [1.165, 1.54) is 12.1 Å². The van der Waals surface area contributed by atoms with E-state index in [2.05, 4.69) is 5.32 Å². The summed E-state index contributed by atoms with van der Waals surface area (Å²) in [6.07, 6.45) is 1.61. The number of hydrogen-bond donors (Lipinski definition) is 1. The van der Waals surface area contributed by atoms with Crippen LogP contribution in [-0.2, 0) is 16.2 Å². The van der Waals surface area contributed by atoms with Crippen molar-refractivity contribution in [3.63, 3.8) is 0 Å². The maximum Gasteiger partial charge on any atom is 0.294 e. The summed E-state index contributed by atoms with van der Waals surface area (Å²) >= 11 is 0.803. The highest BCUT2D eigenvalue weighted by molar-refractivity contribution is 8.18. The second kappa shape index (κ2) is 10.8. The minimum Gasteiger partial charge on any atom is -0.489 e. The summed E-state index contributed by atoms with van der Waals surface area (Å²) in [5.41, 5.74) is 5.16. The van der Waals surface area contributed by atoms with Gasteiger partial charge < -0.3 is 10.1 Å². The first-order valence-electron chi connectivity index (χ1n) is 11.3. The molecule has 0 bridgehead atoms. The Labute approximate surface area is 213 Å². The fourth-order valence-corrected chi connectivity index (χ4v) is 4.73. The highest BCUT2D eigenvalue weighted by Crippen LogP contribution is 2.32. The number of carbonyl (C=O) groups is 3. The predicted molar refractivity (Wildman–Crippen MR) is 139 cm³/mol. The number of anilines is 1. The number of rotatable bonds is 7. The van der Waals surface area contributed by atoms with Crippen LogP contribution in [0.4, 0.5) is 14.9 Å². The van der Waals surface area contributed by atoms with E-state index < -0.39 is 17.1 Å². The lowest BCUT2D eigenvalue weighted by atomic mass is 10.1. The summed E-state index contributed by atoms with van der Waals surface area (Å²) in [5, 5.41) is 2.34. The van der Waals surface area contributed by atoms with Crippen molar-refractivity contribution in [1.29, 1.82) is 0 Å². The zero-order chi connectivity index (χ0) is 25.8. The molecular weight excluding hydrogens is 479 g/mol. The van der Waals surface area contributed by atoms with Crippen molar-refractivity contribution in [2.75, 3.05) is 11.9 Å². The Hall–Kier alpha value is -3.91. The maximum atomic E-state index is 13.0. The van der Waals surface area contributed by atoms with Gasteiger partial charge in [0.25, 0.3) is 11.1 Å². The topological polar surface area (TPSA) is 75.7 Å². The maximum absolute atomic E-state index is 13.0. The third-order valence-corrected chi connectivity index (χ3v) is 6.52. The van der Waals surface area contributed by atoms with Crippen LogP contribution in [0.5, 0.6) is 5.75 Å². The van der Waals surface area contributed by atoms with Gasteiger partial charge in [0.2, 0.25) is 5.91 Å². The van der Waals surface area contributed by atoms with Gasteiger partial charge in [0.15, 0.2) is 0 Å². The lowest BCUT2D eigenvalue weighted by Crippen LogP contribution is -2.36. The summed E-state index contributed by atoms with van der Waals surface area (Å²) in [6, 6.07) is 17.0. The monoisotopic (exact) mass is 504 g/mol. The van der Waals surface area contributed by atoms with Gasteiger partial charge in [-0.05, 0) is 85.1 Å². The van der Waals surface area contributed by atoms with Crippen LogP contribution in [-0.4, -0.2) is 28.5 Å². The molecule has 1 aliphatic rings. The first-order chi connectivity index (χ1) is 17.2. The van der Waals surface area contributed by atoms with Crippen LogP contribution in [0.2, 0.25) is 0 Å². The lowest BCUT2D eigenvalue weighted by molar-refractivity contribution is -0.127. The number of nitrogens with one attached hydrogen (secondary N) is 1. The molecule has 0 unspecified atom stereocenters. The number of ether oxygens (including phenoxy) is 1. The predicted octanol–water partition coefficient (Wildman–Crippen LogP) is 6.00. The third-order valence-electron chi connectivity index (χ3n) is 5.61. The number of nitrogens with zero attached hydrogens (tertiary/aromatic N) is 1. The van der Waals surface area contributed by atoms with E-state index in [1.54, 1.807) is 42.5 Å². The molecule has 0 aromatic heterocycles. The first-order valence-corrected chi connectivity index (χ1v) is 12.1. The number of halogens is 1. The summed E-state index contributed by atoms with van der Waals surface area (Å²) in [4.78, 5) is 39.1. The molecule has 3 aromatic rings. The van der Waals surface area contributed by atoms with Crippen molar-refractivity contribution in [3.05, 3.63) is 99.2 Å². The molecule has 1 saturated heterocycles. The summed E-state index contributed by atoms with van der Waals surface area (Å²) < 4.78 is 18.7. The largest absolute Gasteiger partial charge is 0.489 e. The van der Waals surface area contributed by atoms with Gasteiger partial charge in [-0.1, -0.05) is 42.0 Å². The molecule has 3 amide bonds. The van der Waals surface area contributed by atoms with Crippen molar-refractivity contribution < 1.29 is 23.5 Å². The zero-order valence-corrected chi connectivity index (χ0v) is 20.9. The van der Waals surface area contributed by atoms with E-state index in [1.807, 2.05) is 32.9 Å². The van der Waals surface area contributed by atoms with Gasteiger partial charge in [-0.15, -0.1) is 0 Å². The highest BCUT2D eigenvalue weighted by atomic mass is 32.2. The normalized spacial score (nSPS) is 14.4. The fourth-order valence-electron chi connectivity index (χ4n) is 3.89. The van der Waals surface area contributed by atoms with Crippen LogP contribution in [0.1, 0.15) is 27.8 Å². The van der Waals surface area contributed by atoms with E-state index in [4.69, 9.17) is 4.74 Å². The number of benzene rings is 3. The SMILES string of the molecule is Cc1cc(C)c(NC(=O)CN2C(=O)S/C(=C\c3ccc(OCc4ccc(F)cc4)cc3)C2=O)c(C)c1. The number of imide groups is 1. The minimum atomic E-state index is -0.505. The molecule has 1 heterocycles. The lowest BCUT2D eigenvalue weighted by Gasteiger charge is -2.15. The average Bonchev–Trinajstić information content (AvgIpc) is 3.09. The first kappa shape index (κ1) is 25.2. The minimum absolute atomic E-state index is 0.246. The number of thioether (sulfide) groups is 1. The molecule has 0 spiro atoms. The van der Waals surface area contributed by atoms with Crippen molar-refractivity contribution in [2.24, 2.45) is 0 Å². The molecule has 0 atom stereocenters. The highest BCUT2D eigenvalue weighted by Gasteiger charge is 2.36. The smallest absolute Gasteiger partial charge is 0.294 e. The van der Waals surface area contributed by atoms with Gasteiger partial charge in [0, 0.05) is 5.69 Å². The third kappa shape index (κ3) is 6.01. The van der Waals surface area contributed by atoms with Gasteiger partial charge in [-0.3, -0.25) is 19.3 Å². The molecule has 4 rings (SSSR count). The van der Waals surface area contributed by atoms with Crippen LogP contribution in [0.25, 0.3) is 6.08 Å². The average molecular weight is 505 g/mol. The Balaban J connectivity index is 1.37. The summed E-state index contributed by atoms with van der Waals surface area (Å²) in [6.45, 7) is 5.72. The Morgan fingerprint density at radius 1 is 1.00 bits per heavy atom. The quantitative estimate of drug-likeness (QED) is 0.399. The van der Waals surface area contributed by atoms with Crippen molar-refractivity contribution in [3.8, 4) is 5.75 Å². The molecule has 184 valence electrons. The molecule has 0 saturated carbocycles. The second-order valence-corrected chi connectivity index (χ2v) is 9.57. The number of hydrogen-bond acceptors (Lipinski definition) is 5. The molecule has 3 aromatic carbocycles. The Kier molecular flexibility index (Phi) is 7.55. The van der Waals surface area contributed by atoms with Gasteiger partial charge >= 0.3 is 0 Å². The van der Waals surface area contributed by atoms with Crippen LogP contribution in [0.3, 0.4) is 0 Å². The number of amides is 3. The van der Waals surface area contributed by atoms with Crippen molar-refractivity contribution in [2.45, 2.75) is 27.4 Å². The molecule has 0 radical (unpaired) electrons.